The van der Waals surface area contributed by atoms with Gasteiger partial charge < -0.3 is 23.7 Å². The number of nitrogens with zero attached hydrogens (tertiary/aromatic N) is 2. The molecular weight excluding hydrogens is 953 g/mol. The molecule has 0 saturated heterocycles. The van der Waals surface area contributed by atoms with Crippen LogP contribution in [0.15, 0.2) is 82.3 Å². The van der Waals surface area contributed by atoms with Gasteiger partial charge in [0, 0.05) is 65.4 Å². The first kappa shape index (κ1) is 53.8. The molecule has 362 valence electrons. The fourth-order valence-corrected chi connectivity index (χ4v) is 11.2. The van der Waals surface area contributed by atoms with Crippen molar-refractivity contribution < 1.29 is 79.3 Å². The second-order valence-corrected chi connectivity index (χ2v) is 24.0. The summed E-state index contributed by atoms with van der Waals surface area (Å²) in [5, 5.41) is 9.14. The van der Waals surface area contributed by atoms with Gasteiger partial charge in [-0.3, -0.25) is 13.9 Å². The third-order valence-electron chi connectivity index (χ3n) is 11.7. The number of benzene rings is 2. The third kappa shape index (κ3) is 15.1. The molecule has 0 spiro atoms. The number of fused-ring (bicyclic) bond motifs is 2. The van der Waals surface area contributed by atoms with Crippen LogP contribution in [0.25, 0.3) is 0 Å². The zero-order valence-corrected chi connectivity index (χ0v) is 39.9. The van der Waals surface area contributed by atoms with Crippen LogP contribution in [0.2, 0.25) is 0 Å². The maximum atomic E-state index is 12.3. The molecule has 65 heavy (non-hydrogen) atoms. The minimum absolute atomic E-state index is 0.00184. The Morgan fingerprint density at radius 1 is 0.677 bits per heavy atom. The lowest BCUT2D eigenvalue weighted by Gasteiger charge is -2.30. The molecule has 0 aliphatic carbocycles. The summed E-state index contributed by atoms with van der Waals surface area (Å²) in [6.07, 6.45) is 11.0. The van der Waals surface area contributed by atoms with Gasteiger partial charge in [0.1, 0.15) is 16.7 Å². The van der Waals surface area contributed by atoms with Crippen molar-refractivity contribution in [1.82, 2.24) is 0 Å². The molecule has 0 bridgehead atoms. The summed E-state index contributed by atoms with van der Waals surface area (Å²) in [5.74, 6) is -2.74. The number of hydrogen-bond acceptors (Lipinski definition) is 15. The van der Waals surface area contributed by atoms with Crippen LogP contribution < -0.4 is 4.90 Å². The van der Waals surface area contributed by atoms with Crippen LogP contribution in [0, 0.1) is 0 Å². The molecule has 24 heteroatoms. The average Bonchev–Trinajstić information content (AvgIpc) is 3.54. The maximum Gasteiger partial charge on any atom is 0.303 e. The second kappa shape index (κ2) is 21.4. The minimum atomic E-state index is -4.91. The number of aliphatic carboxylic acids is 1. The summed E-state index contributed by atoms with van der Waals surface area (Å²) in [6.45, 7) is 4.09. The molecule has 2 heterocycles. The summed E-state index contributed by atoms with van der Waals surface area (Å²) in [6, 6.07) is 7.95. The van der Waals surface area contributed by atoms with Crippen molar-refractivity contribution in [3.63, 3.8) is 0 Å². The Kier molecular flexibility index (Phi) is 17.7. The number of carboxylic acids is 1. The number of unbranched alkanes of at least 4 members (excludes halogenated alkanes) is 5. The third-order valence-corrected chi connectivity index (χ3v) is 15.7. The number of carboxylic acid groups (broad SMARTS) is 1. The Hall–Kier alpha value is -3.85. The molecule has 0 fully saturated rings. The van der Waals surface area contributed by atoms with Gasteiger partial charge in [0.15, 0.2) is 5.71 Å². The van der Waals surface area contributed by atoms with E-state index in [1.807, 2.05) is 9.48 Å². The van der Waals surface area contributed by atoms with Gasteiger partial charge in [0.2, 0.25) is 5.69 Å². The van der Waals surface area contributed by atoms with E-state index in [1.54, 1.807) is 44.2 Å². The van der Waals surface area contributed by atoms with Crippen molar-refractivity contribution in [2.75, 3.05) is 35.2 Å². The van der Waals surface area contributed by atoms with E-state index < -0.39 is 94.4 Å². The molecule has 2 unspecified atom stereocenters. The lowest BCUT2D eigenvalue weighted by molar-refractivity contribution is -0.438. The lowest BCUT2D eigenvalue weighted by atomic mass is 9.75. The van der Waals surface area contributed by atoms with Gasteiger partial charge in [-0.1, -0.05) is 31.1 Å². The zero-order chi connectivity index (χ0) is 48.6. The van der Waals surface area contributed by atoms with E-state index in [9.17, 15) is 69.6 Å². The molecule has 0 aromatic heterocycles. The maximum absolute atomic E-state index is 12.3. The van der Waals surface area contributed by atoms with Crippen molar-refractivity contribution in [2.24, 2.45) is 0 Å². The van der Waals surface area contributed by atoms with Crippen LogP contribution in [0.1, 0.15) is 102 Å². The summed E-state index contributed by atoms with van der Waals surface area (Å²) < 4.78 is 174. The highest BCUT2D eigenvalue weighted by Crippen LogP contribution is 2.51. The highest BCUT2D eigenvalue weighted by molar-refractivity contribution is 7.86. The van der Waals surface area contributed by atoms with Gasteiger partial charge in [-0.15, -0.1) is 0 Å². The van der Waals surface area contributed by atoms with Gasteiger partial charge in [0.05, 0.1) is 41.2 Å². The van der Waals surface area contributed by atoms with Crippen molar-refractivity contribution in [3.05, 3.63) is 83.6 Å². The first-order valence-electron chi connectivity index (χ1n) is 20.7. The lowest BCUT2D eigenvalue weighted by Crippen LogP contribution is -2.31. The quantitative estimate of drug-likeness (QED) is 0.0497. The Morgan fingerprint density at radius 2 is 1.26 bits per heavy atom. The van der Waals surface area contributed by atoms with Gasteiger partial charge in [-0.2, -0.15) is 21.4 Å². The molecule has 0 radical (unpaired) electrons. The molecule has 0 saturated carbocycles. The topological polar surface area (TPSA) is 324 Å². The standard InChI is InChI=1S/C41H56N2O17S5/c1-40(22-8-12-26-61(46,47)48)33-29-31(64(55,56)57)18-20-35(33)42(24-10-4-7-17-39(44)45)37(40)15-5-3-6-16-38-41(2,23-9-13-27-62(49,50)51)34-30-32(65(58,59)60)19-21-36(34)43(38)25-11-14-28-63(52,53)54/h3,5-6,15-16,18-21,29-30H,4,7-14,17,22-28H2,1-2H3,(H5-,44,45,46,47,48,49,50,51,52,53,54,55,56,57,58,59,60)/p-2. The largest absolute Gasteiger partial charge is 0.748 e. The first-order valence-corrected chi connectivity index (χ1v) is 28.3. The minimum Gasteiger partial charge on any atom is -0.748 e. The smallest absolute Gasteiger partial charge is 0.303 e. The van der Waals surface area contributed by atoms with Crippen molar-refractivity contribution in [3.8, 4) is 0 Å². The van der Waals surface area contributed by atoms with Crippen LogP contribution >= 0.6 is 0 Å². The molecule has 4 rings (SSSR count). The Morgan fingerprint density at radius 3 is 1.85 bits per heavy atom. The van der Waals surface area contributed by atoms with E-state index in [1.165, 1.54) is 36.4 Å². The van der Waals surface area contributed by atoms with Crippen LogP contribution in [-0.4, -0.2) is 117 Å². The Labute approximate surface area is 381 Å². The fraction of sp³-hybridized carbons (Fsp3) is 0.512. The molecule has 2 aromatic rings. The summed E-state index contributed by atoms with van der Waals surface area (Å²) in [5.41, 5.74) is 1.10. The molecule has 2 atom stereocenters. The summed E-state index contributed by atoms with van der Waals surface area (Å²) >= 11 is 0. The van der Waals surface area contributed by atoms with Crippen LogP contribution in [0.3, 0.4) is 0 Å². The van der Waals surface area contributed by atoms with E-state index in [-0.39, 0.29) is 64.3 Å². The van der Waals surface area contributed by atoms with Crippen molar-refractivity contribution in [2.45, 2.75) is 112 Å². The van der Waals surface area contributed by atoms with E-state index in [0.29, 0.717) is 59.7 Å². The molecule has 0 amide bonds. The SMILES string of the molecule is CC1(CCCCS(=O)(=O)[O-])C(/C=C/C=C/C=C2/N(CCCCS(=O)(=O)[O-])c3ccc(S(=O)(=O)O)cc3C2(C)CCCCS(=O)(=O)O)=[N+](CCCCCC(=O)O)c2ccc(S(=O)(=O)[O-])cc21. The predicted molar refractivity (Wildman–Crippen MR) is 237 cm³/mol. The van der Waals surface area contributed by atoms with Crippen LogP contribution in [0.4, 0.5) is 11.4 Å². The van der Waals surface area contributed by atoms with Crippen molar-refractivity contribution in [1.29, 1.82) is 0 Å². The van der Waals surface area contributed by atoms with Crippen LogP contribution in [0.5, 0.6) is 0 Å². The average molecular weight is 1010 g/mol. The van der Waals surface area contributed by atoms with Gasteiger partial charge in [-0.05, 0) is 107 Å². The van der Waals surface area contributed by atoms with Gasteiger partial charge in [0.25, 0.3) is 20.2 Å². The number of allylic oxidation sites excluding steroid dienone is 6. The Bertz CT molecular complexity index is 2800. The molecule has 2 aliphatic rings. The molecule has 2 aromatic carbocycles. The second-order valence-electron chi connectivity index (χ2n) is 16.6. The molecule has 3 N–H and O–H groups in total. The monoisotopic (exact) mass is 1010 g/mol. The highest BCUT2D eigenvalue weighted by atomic mass is 32.2. The zero-order valence-electron chi connectivity index (χ0n) is 35.9. The Balaban J connectivity index is 1.83. The van der Waals surface area contributed by atoms with E-state index in [2.05, 4.69) is 0 Å². The molecule has 2 aliphatic heterocycles. The first-order chi connectivity index (χ1) is 30.0. The van der Waals surface area contributed by atoms with Gasteiger partial charge in [-0.25, -0.2) is 25.3 Å². The van der Waals surface area contributed by atoms with Gasteiger partial charge >= 0.3 is 5.97 Å². The predicted octanol–water partition coefficient (Wildman–Crippen LogP) is 4.71. The van der Waals surface area contributed by atoms with E-state index in [0.717, 1.165) is 0 Å². The molecular formula is C41H54N2O17S5-2. The normalized spacial score (nSPS) is 20.1. The number of rotatable bonds is 26. The number of anilines is 1. The molecule has 19 nitrogen and oxygen atoms in total. The highest BCUT2D eigenvalue weighted by Gasteiger charge is 2.48. The fourth-order valence-electron chi connectivity index (χ4n) is 8.54. The van der Waals surface area contributed by atoms with Crippen molar-refractivity contribution >= 4 is 73.6 Å². The summed E-state index contributed by atoms with van der Waals surface area (Å²) in [7, 11) is -23.0. The number of hydrogen-bond donors (Lipinski definition) is 3. The number of carbonyl (C=O) groups is 1. The van der Waals surface area contributed by atoms with Crippen LogP contribution in [-0.2, 0) is 66.2 Å². The van der Waals surface area contributed by atoms with E-state index >= 15 is 0 Å². The van der Waals surface area contributed by atoms with E-state index in [4.69, 9.17) is 5.11 Å². The summed E-state index contributed by atoms with van der Waals surface area (Å²) in [4.78, 5) is 12.1.